The number of hydrogen-bond donors (Lipinski definition) is 2. The molecule has 2 aromatic rings. The summed E-state index contributed by atoms with van der Waals surface area (Å²) < 4.78 is 23.4. The number of rotatable bonds is 9. The quantitative estimate of drug-likeness (QED) is 0.422. The molecule has 0 heterocycles. The van der Waals surface area contributed by atoms with E-state index in [1.54, 1.807) is 19.2 Å². The summed E-state index contributed by atoms with van der Waals surface area (Å²) in [5, 5.41) is 10.3. The van der Waals surface area contributed by atoms with Gasteiger partial charge in [-0.3, -0.25) is 4.57 Å². The highest BCUT2D eigenvalue weighted by Crippen LogP contribution is 2.44. The Morgan fingerprint density at radius 2 is 1.79 bits per heavy atom. The summed E-state index contributed by atoms with van der Waals surface area (Å²) in [7, 11) is -1.51. The third-order valence-electron chi connectivity index (χ3n) is 7.36. The molecule has 0 spiro atoms. The first kappa shape index (κ1) is 24.3. The van der Waals surface area contributed by atoms with Crippen molar-refractivity contribution in [1.29, 1.82) is 0 Å². The molecule has 2 fully saturated rings. The van der Waals surface area contributed by atoms with E-state index < -0.39 is 13.5 Å². The maximum absolute atomic E-state index is 11.6. The fourth-order valence-corrected chi connectivity index (χ4v) is 6.01. The monoisotopic (exact) mass is 472 g/mol. The molecule has 2 atom stereocenters. The fraction of sp³-hybridized carbons (Fsp3) is 0.556. The third kappa shape index (κ3) is 6.41. The number of benzene rings is 2. The molecule has 6 heteroatoms. The summed E-state index contributed by atoms with van der Waals surface area (Å²) in [6.45, 7) is 1.92. The molecular formula is C27H37O5P. The molecule has 1 unspecified atom stereocenters. The van der Waals surface area contributed by atoms with Crippen molar-refractivity contribution in [2.45, 2.75) is 62.9 Å². The lowest BCUT2D eigenvalue weighted by atomic mass is 9.75. The average molecular weight is 473 g/mol. The highest BCUT2D eigenvalue weighted by molar-refractivity contribution is 7.57. The van der Waals surface area contributed by atoms with Crippen LogP contribution in [-0.4, -0.2) is 36.5 Å². The Morgan fingerprint density at radius 1 is 1.03 bits per heavy atom. The summed E-state index contributed by atoms with van der Waals surface area (Å²) in [5.74, 6) is 3.50. The van der Waals surface area contributed by atoms with Gasteiger partial charge in [-0.25, -0.2) is 0 Å². The minimum absolute atomic E-state index is 0.147. The molecule has 2 aliphatic rings. The maximum atomic E-state index is 11.6. The van der Waals surface area contributed by atoms with Crippen molar-refractivity contribution in [3.63, 3.8) is 0 Å². The molecule has 0 bridgehead atoms. The first-order chi connectivity index (χ1) is 15.8. The third-order valence-corrected chi connectivity index (χ3v) is 8.38. The van der Waals surface area contributed by atoms with Crippen molar-refractivity contribution in [2.24, 2.45) is 5.92 Å². The van der Waals surface area contributed by atoms with Gasteiger partial charge in [0.15, 0.2) is 0 Å². The van der Waals surface area contributed by atoms with Crippen molar-refractivity contribution in [3.8, 4) is 11.5 Å². The van der Waals surface area contributed by atoms with Crippen LogP contribution < -0.4 is 9.47 Å². The number of aliphatic hydroxyl groups excluding tert-OH is 1. The summed E-state index contributed by atoms with van der Waals surface area (Å²) >= 11 is 0. The van der Waals surface area contributed by atoms with Gasteiger partial charge in [0.05, 0.1) is 26.0 Å². The Hall–Kier alpha value is -1.81. The molecule has 0 aromatic heterocycles. The van der Waals surface area contributed by atoms with Gasteiger partial charge in [0.2, 0.25) is 7.37 Å². The van der Waals surface area contributed by atoms with Crippen molar-refractivity contribution < 1.29 is 24.0 Å². The number of ether oxygens (including phenoxy) is 2. The molecule has 0 amide bonds. The molecule has 4 rings (SSSR count). The van der Waals surface area contributed by atoms with Gasteiger partial charge < -0.3 is 19.5 Å². The predicted molar refractivity (Wildman–Crippen MR) is 132 cm³/mol. The Kier molecular flexibility index (Phi) is 7.83. The van der Waals surface area contributed by atoms with E-state index in [0.29, 0.717) is 29.8 Å². The normalized spacial score (nSPS) is 23.9. The first-order valence-corrected chi connectivity index (χ1v) is 14.5. The molecule has 2 aromatic carbocycles. The van der Waals surface area contributed by atoms with E-state index in [2.05, 4.69) is 18.2 Å². The van der Waals surface area contributed by atoms with Gasteiger partial charge >= 0.3 is 0 Å². The Morgan fingerprint density at radius 3 is 2.42 bits per heavy atom. The zero-order valence-electron chi connectivity index (χ0n) is 19.8. The molecule has 5 nitrogen and oxygen atoms in total. The Bertz CT molecular complexity index is 972. The lowest BCUT2D eigenvalue weighted by Gasteiger charge is -2.31. The molecule has 2 aliphatic carbocycles. The van der Waals surface area contributed by atoms with Gasteiger partial charge in [0, 0.05) is 6.66 Å². The van der Waals surface area contributed by atoms with E-state index in [0.717, 1.165) is 37.4 Å². The van der Waals surface area contributed by atoms with Gasteiger partial charge in [-0.05, 0) is 91.2 Å². The van der Waals surface area contributed by atoms with E-state index in [-0.39, 0.29) is 6.16 Å². The first-order valence-electron chi connectivity index (χ1n) is 12.2. The van der Waals surface area contributed by atoms with E-state index in [4.69, 9.17) is 9.47 Å². The standard InChI is InChI=1S/C27H37O5P/c1-31-27-14-13-22(20-5-3-6-20)16-25(27)21-11-9-19(10-12-21)17-32-24-8-4-7-23(15-24)26(28)18-33(2,29)30/h4,7-8,13-16,19-21,26,28H,3,5-6,9-12,17-18H2,1-2H3,(H,29,30)/t19?,21?,26-/m1/s1. The molecular weight excluding hydrogens is 435 g/mol. The van der Waals surface area contributed by atoms with Crippen LogP contribution in [0, 0.1) is 5.92 Å². The lowest BCUT2D eigenvalue weighted by Crippen LogP contribution is -2.20. The summed E-state index contributed by atoms with van der Waals surface area (Å²) in [4.78, 5) is 9.54. The van der Waals surface area contributed by atoms with Gasteiger partial charge in [-0.2, -0.15) is 0 Å². The number of methoxy groups -OCH3 is 1. The fourth-order valence-electron chi connectivity index (χ4n) is 5.16. The van der Waals surface area contributed by atoms with E-state index in [9.17, 15) is 14.6 Å². The minimum Gasteiger partial charge on any atom is -0.496 e. The smallest absolute Gasteiger partial charge is 0.200 e. The van der Waals surface area contributed by atoms with Crippen LogP contribution in [-0.2, 0) is 4.57 Å². The second-order valence-corrected chi connectivity index (χ2v) is 12.4. The van der Waals surface area contributed by atoms with Crippen LogP contribution in [0.2, 0.25) is 0 Å². The highest BCUT2D eigenvalue weighted by Gasteiger charge is 2.27. The Labute approximate surface area is 197 Å². The van der Waals surface area contributed by atoms with Crippen LogP contribution in [0.5, 0.6) is 11.5 Å². The average Bonchev–Trinajstić information content (AvgIpc) is 2.76. The second-order valence-electron chi connectivity index (χ2n) is 9.98. The van der Waals surface area contributed by atoms with E-state index in [1.165, 1.54) is 37.1 Å². The van der Waals surface area contributed by atoms with E-state index >= 15 is 0 Å². The van der Waals surface area contributed by atoms with Crippen molar-refractivity contribution in [3.05, 3.63) is 59.2 Å². The van der Waals surface area contributed by atoms with Crippen LogP contribution in [0.25, 0.3) is 0 Å². The maximum Gasteiger partial charge on any atom is 0.200 e. The van der Waals surface area contributed by atoms with Gasteiger partial charge in [-0.15, -0.1) is 0 Å². The van der Waals surface area contributed by atoms with Crippen molar-refractivity contribution in [1.82, 2.24) is 0 Å². The zero-order valence-corrected chi connectivity index (χ0v) is 20.7. The van der Waals surface area contributed by atoms with Crippen LogP contribution in [0.15, 0.2) is 42.5 Å². The summed E-state index contributed by atoms with van der Waals surface area (Å²) in [6, 6.07) is 14.1. The van der Waals surface area contributed by atoms with Crippen LogP contribution in [0.1, 0.15) is 79.6 Å². The highest BCUT2D eigenvalue weighted by atomic mass is 31.2. The molecule has 0 saturated heterocycles. The van der Waals surface area contributed by atoms with Gasteiger partial charge in [-0.1, -0.05) is 30.7 Å². The number of aliphatic hydroxyl groups is 1. The molecule has 0 aliphatic heterocycles. The van der Waals surface area contributed by atoms with Crippen LogP contribution >= 0.6 is 7.37 Å². The van der Waals surface area contributed by atoms with Crippen LogP contribution in [0.3, 0.4) is 0 Å². The Balaban J connectivity index is 1.31. The number of hydrogen-bond acceptors (Lipinski definition) is 4. The lowest BCUT2D eigenvalue weighted by molar-refractivity contribution is 0.191. The zero-order chi connectivity index (χ0) is 23.4. The predicted octanol–water partition coefficient (Wildman–Crippen LogP) is 6.25. The minimum atomic E-state index is -3.28. The van der Waals surface area contributed by atoms with Crippen molar-refractivity contribution >= 4 is 7.37 Å². The van der Waals surface area contributed by atoms with Crippen LogP contribution in [0.4, 0.5) is 0 Å². The SMILES string of the molecule is COc1ccc(C2CCC2)cc1C1CCC(COc2cccc([C@H](O)CP(C)(=O)O)c2)CC1. The van der Waals surface area contributed by atoms with Crippen molar-refractivity contribution in [2.75, 3.05) is 26.5 Å². The van der Waals surface area contributed by atoms with E-state index in [1.807, 2.05) is 12.1 Å². The largest absolute Gasteiger partial charge is 0.496 e. The molecule has 180 valence electrons. The molecule has 33 heavy (non-hydrogen) atoms. The molecule has 2 N–H and O–H groups in total. The van der Waals surface area contributed by atoms with Gasteiger partial charge in [0.25, 0.3) is 0 Å². The molecule has 2 saturated carbocycles. The van der Waals surface area contributed by atoms with Gasteiger partial charge in [0.1, 0.15) is 11.5 Å². The topological polar surface area (TPSA) is 76.0 Å². The summed E-state index contributed by atoms with van der Waals surface area (Å²) in [5.41, 5.74) is 3.47. The molecule has 0 radical (unpaired) electrons. The summed E-state index contributed by atoms with van der Waals surface area (Å²) in [6.07, 6.45) is 7.37. The second kappa shape index (κ2) is 10.6.